The first-order chi connectivity index (χ1) is 14.8. The van der Waals surface area contributed by atoms with Crippen LogP contribution in [0.1, 0.15) is 48.7 Å². The summed E-state index contributed by atoms with van der Waals surface area (Å²) >= 11 is 0. The molecule has 2 heterocycles. The van der Waals surface area contributed by atoms with Gasteiger partial charge < -0.3 is 9.88 Å². The molecule has 0 spiro atoms. The molecule has 7 nitrogen and oxygen atoms in total. The summed E-state index contributed by atoms with van der Waals surface area (Å²) in [6, 6.07) is 14.4. The number of nitrogens with one attached hydrogen (secondary N) is 1. The summed E-state index contributed by atoms with van der Waals surface area (Å²) in [6.07, 6.45) is 4.97. The molecule has 162 valence electrons. The van der Waals surface area contributed by atoms with Gasteiger partial charge in [-0.05, 0) is 60.7 Å². The van der Waals surface area contributed by atoms with Gasteiger partial charge >= 0.3 is 0 Å². The fourth-order valence-corrected chi connectivity index (χ4v) is 5.11. The molecule has 3 aromatic rings. The lowest BCUT2D eigenvalue weighted by Gasteiger charge is -2.15. The summed E-state index contributed by atoms with van der Waals surface area (Å²) in [6.45, 7) is 5.39. The number of nitrogens with zero attached hydrogens (tertiary/aromatic N) is 3. The number of aromatic nitrogens is 2. The van der Waals surface area contributed by atoms with Crippen LogP contribution in [0.3, 0.4) is 0 Å². The Morgan fingerprint density at radius 3 is 2.26 bits per heavy atom. The summed E-state index contributed by atoms with van der Waals surface area (Å²) in [5.74, 6) is 0.126. The van der Waals surface area contributed by atoms with E-state index in [9.17, 15) is 13.2 Å². The lowest BCUT2D eigenvalue weighted by atomic mass is 10.0. The van der Waals surface area contributed by atoms with Crippen molar-refractivity contribution in [3.05, 3.63) is 72.3 Å². The van der Waals surface area contributed by atoms with Gasteiger partial charge in [-0.15, -0.1) is 0 Å². The third-order valence-electron chi connectivity index (χ3n) is 5.49. The molecule has 1 saturated heterocycles. The second kappa shape index (κ2) is 8.64. The van der Waals surface area contributed by atoms with Crippen LogP contribution in [0.2, 0.25) is 0 Å². The minimum absolute atomic E-state index is 0.279. The zero-order valence-corrected chi connectivity index (χ0v) is 18.5. The van der Waals surface area contributed by atoms with E-state index in [1.807, 2.05) is 24.3 Å². The Hall–Kier alpha value is -2.97. The molecule has 0 atom stereocenters. The standard InChI is InChI=1S/C23H26N4O3S/c1-17(2)18-5-7-19(8-6-18)25-23(28)22-15-26(16-24-22)20-9-11-21(12-10-20)31(29,30)27-13-3-4-14-27/h5-12,15-17H,3-4,13-14H2,1-2H3,(H,25,28). The van der Waals surface area contributed by atoms with Gasteiger partial charge in [0.2, 0.25) is 10.0 Å². The van der Waals surface area contributed by atoms with Crippen LogP contribution in [-0.2, 0) is 10.0 Å². The molecule has 0 unspecified atom stereocenters. The topological polar surface area (TPSA) is 84.3 Å². The van der Waals surface area contributed by atoms with Crippen molar-refractivity contribution >= 4 is 21.6 Å². The van der Waals surface area contributed by atoms with Crippen LogP contribution in [0.25, 0.3) is 5.69 Å². The second-order valence-corrected chi connectivity index (χ2v) is 9.94. The van der Waals surface area contributed by atoms with Gasteiger partial charge in [0.05, 0.1) is 4.90 Å². The molecular weight excluding hydrogens is 412 g/mol. The molecule has 0 bridgehead atoms. The minimum Gasteiger partial charge on any atom is -0.321 e. The number of amides is 1. The van der Waals surface area contributed by atoms with Crippen molar-refractivity contribution in [1.29, 1.82) is 0 Å². The first-order valence-electron chi connectivity index (χ1n) is 10.4. The number of rotatable bonds is 6. The second-order valence-electron chi connectivity index (χ2n) is 8.00. The Labute approximate surface area is 182 Å². The van der Waals surface area contributed by atoms with Gasteiger partial charge in [0.1, 0.15) is 12.0 Å². The van der Waals surface area contributed by atoms with Crippen molar-refractivity contribution < 1.29 is 13.2 Å². The normalized spacial score (nSPS) is 14.8. The van der Waals surface area contributed by atoms with Crippen LogP contribution in [0, 0.1) is 0 Å². The largest absolute Gasteiger partial charge is 0.321 e. The molecule has 1 aromatic heterocycles. The van der Waals surface area contributed by atoms with E-state index < -0.39 is 10.0 Å². The number of hydrogen-bond acceptors (Lipinski definition) is 4. The Morgan fingerprint density at radius 1 is 1.00 bits per heavy atom. The summed E-state index contributed by atoms with van der Waals surface area (Å²) in [7, 11) is -3.44. The molecule has 2 aromatic carbocycles. The van der Waals surface area contributed by atoms with Gasteiger partial charge in [0, 0.05) is 30.7 Å². The number of carbonyl (C=O) groups excluding carboxylic acids is 1. The summed E-state index contributed by atoms with van der Waals surface area (Å²) < 4.78 is 28.5. The van der Waals surface area contributed by atoms with Gasteiger partial charge in [-0.3, -0.25) is 4.79 Å². The van der Waals surface area contributed by atoms with Crippen LogP contribution in [0.15, 0.2) is 66.0 Å². The zero-order chi connectivity index (χ0) is 22.0. The van der Waals surface area contributed by atoms with Gasteiger partial charge in [0.15, 0.2) is 0 Å². The van der Waals surface area contributed by atoms with Crippen molar-refractivity contribution in [2.75, 3.05) is 18.4 Å². The average Bonchev–Trinajstić information content (AvgIpc) is 3.47. The van der Waals surface area contributed by atoms with Gasteiger partial charge in [-0.25, -0.2) is 13.4 Å². The smallest absolute Gasteiger partial charge is 0.275 e. The zero-order valence-electron chi connectivity index (χ0n) is 17.7. The van der Waals surface area contributed by atoms with Crippen LogP contribution < -0.4 is 5.32 Å². The lowest BCUT2D eigenvalue weighted by molar-refractivity contribution is 0.102. The highest BCUT2D eigenvalue weighted by molar-refractivity contribution is 7.89. The predicted molar refractivity (Wildman–Crippen MR) is 120 cm³/mol. The molecule has 1 amide bonds. The summed E-state index contributed by atoms with van der Waals surface area (Å²) in [5, 5.41) is 2.85. The van der Waals surface area contributed by atoms with Crippen LogP contribution >= 0.6 is 0 Å². The highest BCUT2D eigenvalue weighted by atomic mass is 32.2. The Morgan fingerprint density at radius 2 is 1.65 bits per heavy atom. The molecular formula is C23H26N4O3S. The van der Waals surface area contributed by atoms with E-state index in [2.05, 4.69) is 24.1 Å². The maximum absolute atomic E-state index is 12.7. The Kier molecular flexibility index (Phi) is 5.93. The third-order valence-corrected chi connectivity index (χ3v) is 7.40. The quantitative estimate of drug-likeness (QED) is 0.630. The van der Waals surface area contributed by atoms with Gasteiger partial charge in [0.25, 0.3) is 5.91 Å². The highest BCUT2D eigenvalue weighted by Crippen LogP contribution is 2.22. The molecule has 0 aliphatic carbocycles. The van der Waals surface area contributed by atoms with Gasteiger partial charge in [-0.2, -0.15) is 4.31 Å². The molecule has 1 aliphatic heterocycles. The maximum atomic E-state index is 12.7. The van der Waals surface area contributed by atoms with E-state index in [1.54, 1.807) is 41.4 Å². The average molecular weight is 439 g/mol. The molecule has 0 radical (unpaired) electrons. The van der Waals surface area contributed by atoms with E-state index in [-0.39, 0.29) is 16.5 Å². The van der Waals surface area contributed by atoms with E-state index in [0.29, 0.717) is 24.7 Å². The minimum atomic E-state index is -3.44. The highest BCUT2D eigenvalue weighted by Gasteiger charge is 2.27. The van der Waals surface area contributed by atoms with E-state index in [0.717, 1.165) is 18.5 Å². The molecule has 0 saturated carbocycles. The monoisotopic (exact) mass is 438 g/mol. The van der Waals surface area contributed by atoms with Crippen LogP contribution in [-0.4, -0.2) is 41.3 Å². The molecule has 8 heteroatoms. The first kappa shape index (κ1) is 21.3. The van der Waals surface area contributed by atoms with Gasteiger partial charge in [-0.1, -0.05) is 26.0 Å². The van der Waals surface area contributed by atoms with E-state index >= 15 is 0 Å². The molecule has 1 N–H and O–H groups in total. The summed E-state index contributed by atoms with van der Waals surface area (Å²) in [4.78, 5) is 17.0. The fraction of sp³-hybridized carbons (Fsp3) is 0.304. The number of carbonyl (C=O) groups is 1. The number of imidazole rings is 1. The number of sulfonamides is 1. The maximum Gasteiger partial charge on any atom is 0.275 e. The predicted octanol–water partition coefficient (Wildman–Crippen LogP) is 4.03. The van der Waals surface area contributed by atoms with Crippen LogP contribution in [0.4, 0.5) is 5.69 Å². The number of benzene rings is 2. The van der Waals surface area contributed by atoms with Crippen LogP contribution in [0.5, 0.6) is 0 Å². The molecule has 1 aliphatic rings. The molecule has 31 heavy (non-hydrogen) atoms. The molecule has 1 fully saturated rings. The van der Waals surface area contributed by atoms with Crippen molar-refractivity contribution in [2.24, 2.45) is 0 Å². The number of anilines is 1. The first-order valence-corrected chi connectivity index (χ1v) is 11.8. The Balaban J connectivity index is 1.46. The van der Waals surface area contributed by atoms with E-state index in [1.165, 1.54) is 9.87 Å². The van der Waals surface area contributed by atoms with Crippen molar-refractivity contribution in [3.8, 4) is 5.69 Å². The van der Waals surface area contributed by atoms with E-state index in [4.69, 9.17) is 0 Å². The fourth-order valence-electron chi connectivity index (χ4n) is 3.60. The van der Waals surface area contributed by atoms with Crippen molar-refractivity contribution in [3.63, 3.8) is 0 Å². The SMILES string of the molecule is CC(C)c1ccc(NC(=O)c2cn(-c3ccc(S(=O)(=O)N4CCCC4)cc3)cn2)cc1. The summed E-state index contributed by atoms with van der Waals surface area (Å²) in [5.41, 5.74) is 2.92. The lowest BCUT2D eigenvalue weighted by Crippen LogP contribution is -2.27. The molecule has 4 rings (SSSR count). The number of hydrogen-bond donors (Lipinski definition) is 1. The third kappa shape index (κ3) is 4.55. The van der Waals surface area contributed by atoms with Crippen molar-refractivity contribution in [1.82, 2.24) is 13.9 Å². The Bertz CT molecular complexity index is 1160. The van der Waals surface area contributed by atoms with Crippen molar-refractivity contribution in [2.45, 2.75) is 37.5 Å².